The van der Waals surface area contributed by atoms with Crippen LogP contribution in [0.3, 0.4) is 0 Å². The van der Waals surface area contributed by atoms with Gasteiger partial charge < -0.3 is 20.1 Å². The largest absolute Gasteiger partial charge is 0.389 e. The van der Waals surface area contributed by atoms with E-state index in [2.05, 4.69) is 5.32 Å². The number of ether oxygens (including phenoxy) is 1. The van der Waals surface area contributed by atoms with Crippen molar-refractivity contribution in [2.24, 2.45) is 0 Å². The summed E-state index contributed by atoms with van der Waals surface area (Å²) in [5, 5.41) is 12.8. The van der Waals surface area contributed by atoms with Crippen LogP contribution >= 0.6 is 0 Å². The van der Waals surface area contributed by atoms with E-state index in [0.29, 0.717) is 19.3 Å². The number of aliphatic hydroxyl groups is 1. The summed E-state index contributed by atoms with van der Waals surface area (Å²) < 4.78 is 5.62. The molecule has 1 fully saturated rings. The Bertz CT molecular complexity index is 253. The molecule has 1 aliphatic rings. The molecule has 2 unspecified atom stereocenters. The van der Waals surface area contributed by atoms with Gasteiger partial charge >= 0.3 is 0 Å². The Hall–Kier alpha value is -0.650. The number of likely N-dealkylation sites (N-methyl/N-ethyl adjacent to an activating group) is 1. The van der Waals surface area contributed by atoms with Crippen molar-refractivity contribution in [1.82, 2.24) is 10.2 Å². The molecule has 0 saturated heterocycles. The van der Waals surface area contributed by atoms with E-state index in [0.717, 1.165) is 12.8 Å². The molecule has 0 heterocycles. The number of nitrogens with one attached hydrogen (secondary N) is 1. The Morgan fingerprint density at radius 2 is 2.06 bits per heavy atom. The Kier molecular flexibility index (Phi) is 6.60. The van der Waals surface area contributed by atoms with Gasteiger partial charge in [0.1, 0.15) is 0 Å². The van der Waals surface area contributed by atoms with Crippen LogP contribution in [0.4, 0.5) is 0 Å². The number of carbonyl (C=O) groups excluding carboxylic acids is 1. The molecular weight excluding hydrogens is 232 g/mol. The SMILES string of the molecule is CC(NCC(O)COC1CCCC1)C(=O)N(C)C. The zero-order valence-corrected chi connectivity index (χ0v) is 11.7. The minimum absolute atomic E-state index is 0.0129. The maximum Gasteiger partial charge on any atom is 0.238 e. The lowest BCUT2D eigenvalue weighted by Gasteiger charge is -2.20. The third kappa shape index (κ3) is 5.33. The normalized spacial score (nSPS) is 19.8. The standard InChI is InChI=1S/C13H26N2O3/c1-10(13(17)15(2)3)14-8-11(16)9-18-12-6-4-5-7-12/h10-12,14,16H,4-9H2,1-3H3. The van der Waals surface area contributed by atoms with Gasteiger partial charge in [0.2, 0.25) is 5.91 Å². The van der Waals surface area contributed by atoms with Gasteiger partial charge in [-0.15, -0.1) is 0 Å². The summed E-state index contributed by atoms with van der Waals surface area (Å²) in [5.41, 5.74) is 0. The second kappa shape index (κ2) is 7.71. The zero-order chi connectivity index (χ0) is 13.5. The number of nitrogens with zero attached hydrogens (tertiary/aromatic N) is 1. The molecule has 5 nitrogen and oxygen atoms in total. The van der Waals surface area contributed by atoms with Crippen LogP contribution in [0.25, 0.3) is 0 Å². The Morgan fingerprint density at radius 3 is 2.61 bits per heavy atom. The Morgan fingerprint density at radius 1 is 1.44 bits per heavy atom. The minimum atomic E-state index is -0.553. The first-order valence-corrected chi connectivity index (χ1v) is 6.75. The smallest absolute Gasteiger partial charge is 0.238 e. The topological polar surface area (TPSA) is 61.8 Å². The zero-order valence-electron chi connectivity index (χ0n) is 11.7. The summed E-state index contributed by atoms with van der Waals surface area (Å²) >= 11 is 0. The number of amides is 1. The predicted molar refractivity (Wildman–Crippen MR) is 70.4 cm³/mol. The van der Waals surface area contributed by atoms with E-state index in [1.165, 1.54) is 12.8 Å². The van der Waals surface area contributed by atoms with Gasteiger partial charge in [-0.2, -0.15) is 0 Å². The fraction of sp³-hybridized carbons (Fsp3) is 0.923. The lowest BCUT2D eigenvalue weighted by Crippen LogP contribution is -2.45. The summed E-state index contributed by atoms with van der Waals surface area (Å²) in [5.74, 6) is 0.0129. The highest BCUT2D eigenvalue weighted by Crippen LogP contribution is 2.20. The summed E-state index contributed by atoms with van der Waals surface area (Å²) in [7, 11) is 3.44. The van der Waals surface area contributed by atoms with Crippen LogP contribution in [0.5, 0.6) is 0 Å². The molecule has 0 bridgehead atoms. The maximum atomic E-state index is 11.6. The van der Waals surface area contributed by atoms with E-state index in [-0.39, 0.29) is 11.9 Å². The average molecular weight is 258 g/mol. The molecule has 0 aromatic rings. The van der Waals surface area contributed by atoms with E-state index >= 15 is 0 Å². The van der Waals surface area contributed by atoms with Gasteiger partial charge in [0.15, 0.2) is 0 Å². The monoisotopic (exact) mass is 258 g/mol. The second-order valence-corrected chi connectivity index (χ2v) is 5.26. The summed E-state index contributed by atoms with van der Waals surface area (Å²) in [4.78, 5) is 13.1. The molecule has 0 radical (unpaired) electrons. The van der Waals surface area contributed by atoms with Crippen LogP contribution in [0.15, 0.2) is 0 Å². The fourth-order valence-electron chi connectivity index (χ4n) is 2.15. The van der Waals surface area contributed by atoms with Crippen LogP contribution in [-0.4, -0.2) is 61.4 Å². The lowest BCUT2D eigenvalue weighted by atomic mass is 10.2. The van der Waals surface area contributed by atoms with Crippen LogP contribution in [-0.2, 0) is 9.53 Å². The van der Waals surface area contributed by atoms with E-state index in [4.69, 9.17) is 4.74 Å². The van der Waals surface area contributed by atoms with Crippen molar-refractivity contribution < 1.29 is 14.6 Å². The van der Waals surface area contributed by atoms with Crippen molar-refractivity contribution in [3.63, 3.8) is 0 Å². The lowest BCUT2D eigenvalue weighted by molar-refractivity contribution is -0.130. The van der Waals surface area contributed by atoms with Crippen LogP contribution in [0, 0.1) is 0 Å². The summed E-state index contributed by atoms with van der Waals surface area (Å²) in [6, 6.07) is -0.277. The molecule has 2 N–H and O–H groups in total. The van der Waals surface area contributed by atoms with Gasteiger partial charge in [0, 0.05) is 20.6 Å². The van der Waals surface area contributed by atoms with Crippen molar-refractivity contribution in [3.05, 3.63) is 0 Å². The van der Waals surface area contributed by atoms with Crippen molar-refractivity contribution in [2.75, 3.05) is 27.2 Å². The number of hydrogen-bond acceptors (Lipinski definition) is 4. The third-order valence-electron chi connectivity index (χ3n) is 3.30. The van der Waals surface area contributed by atoms with Crippen molar-refractivity contribution >= 4 is 5.91 Å². The molecule has 2 atom stereocenters. The summed E-state index contributed by atoms with van der Waals surface area (Å²) in [6.07, 6.45) is 4.44. The molecule has 5 heteroatoms. The number of carbonyl (C=O) groups is 1. The summed E-state index contributed by atoms with van der Waals surface area (Å²) in [6.45, 7) is 2.53. The minimum Gasteiger partial charge on any atom is -0.389 e. The van der Waals surface area contributed by atoms with Crippen molar-refractivity contribution in [1.29, 1.82) is 0 Å². The van der Waals surface area contributed by atoms with E-state index < -0.39 is 6.10 Å². The van der Waals surface area contributed by atoms with Crippen molar-refractivity contribution in [3.8, 4) is 0 Å². The number of hydrogen-bond donors (Lipinski definition) is 2. The molecular formula is C13H26N2O3. The van der Waals surface area contributed by atoms with E-state index in [1.54, 1.807) is 25.9 Å². The highest BCUT2D eigenvalue weighted by molar-refractivity contribution is 5.80. The van der Waals surface area contributed by atoms with Gasteiger partial charge in [0.05, 0.1) is 24.9 Å². The van der Waals surface area contributed by atoms with Crippen LogP contribution < -0.4 is 5.32 Å². The molecule has 0 aromatic carbocycles. The van der Waals surface area contributed by atoms with Gasteiger partial charge in [-0.25, -0.2) is 0 Å². The van der Waals surface area contributed by atoms with Crippen molar-refractivity contribution in [2.45, 2.75) is 50.9 Å². The highest BCUT2D eigenvalue weighted by atomic mass is 16.5. The Balaban J connectivity index is 2.12. The fourth-order valence-corrected chi connectivity index (χ4v) is 2.15. The molecule has 1 saturated carbocycles. The molecule has 0 aliphatic heterocycles. The second-order valence-electron chi connectivity index (χ2n) is 5.26. The molecule has 1 rings (SSSR count). The molecule has 0 spiro atoms. The first kappa shape index (κ1) is 15.4. The molecule has 106 valence electrons. The predicted octanol–water partition coefficient (Wildman–Crippen LogP) is 0.373. The van der Waals surface area contributed by atoms with Gasteiger partial charge in [-0.3, -0.25) is 4.79 Å². The van der Waals surface area contributed by atoms with E-state index in [9.17, 15) is 9.90 Å². The first-order chi connectivity index (χ1) is 8.50. The molecule has 0 aromatic heterocycles. The molecule has 1 aliphatic carbocycles. The Labute approximate surface area is 109 Å². The van der Waals surface area contributed by atoms with Crippen LogP contribution in [0.1, 0.15) is 32.6 Å². The highest BCUT2D eigenvalue weighted by Gasteiger charge is 2.18. The van der Waals surface area contributed by atoms with E-state index in [1.807, 2.05) is 0 Å². The number of rotatable bonds is 7. The maximum absolute atomic E-state index is 11.6. The quantitative estimate of drug-likeness (QED) is 0.693. The number of aliphatic hydroxyl groups excluding tert-OH is 1. The first-order valence-electron chi connectivity index (χ1n) is 6.75. The van der Waals surface area contributed by atoms with Gasteiger partial charge in [0.25, 0.3) is 0 Å². The average Bonchev–Trinajstić information content (AvgIpc) is 2.85. The van der Waals surface area contributed by atoms with Gasteiger partial charge in [-0.1, -0.05) is 12.8 Å². The van der Waals surface area contributed by atoms with Crippen LogP contribution in [0.2, 0.25) is 0 Å². The molecule has 18 heavy (non-hydrogen) atoms. The molecule has 1 amide bonds. The third-order valence-corrected chi connectivity index (χ3v) is 3.30. The van der Waals surface area contributed by atoms with Gasteiger partial charge in [-0.05, 0) is 19.8 Å².